The zero-order valence-electron chi connectivity index (χ0n) is 40.8. The van der Waals surface area contributed by atoms with Crippen LogP contribution in [0.5, 0.6) is 0 Å². The third-order valence-corrected chi connectivity index (χ3v) is 12.7. The van der Waals surface area contributed by atoms with Crippen LogP contribution in [0.15, 0.2) is 60.8 Å². The molecule has 1 heterocycles. The van der Waals surface area contributed by atoms with Crippen LogP contribution in [-0.2, 0) is 46.4 Å². The van der Waals surface area contributed by atoms with Gasteiger partial charge in [-0.05, 0) is 85.9 Å². The Morgan fingerprint density at radius 1 is 0.632 bits per heavy atom. The van der Waals surface area contributed by atoms with Crippen LogP contribution in [0.3, 0.4) is 0 Å². The van der Waals surface area contributed by atoms with E-state index in [9.17, 15) is 38.7 Å². The molecule has 2 aromatic carbocycles. The van der Waals surface area contributed by atoms with Crippen LogP contribution in [0, 0.1) is 23.7 Å². The number of nitrogens with two attached hydrogens (primary N) is 2. The number of nitrogens with one attached hydrogen (secondary N) is 7. The average Bonchev–Trinajstić information content (AvgIpc) is 3.71. The third-order valence-electron chi connectivity index (χ3n) is 12.7. The number of carbonyl (C=O) groups excluding carboxylic acids is 6. The highest BCUT2D eigenvalue weighted by Crippen LogP contribution is 2.28. The monoisotopic (exact) mass is 944 g/mol. The molecule has 7 atom stereocenters. The SMILES string of the molecule is CC(C)C[C@@H](NC(=O)[C@@H](CCCCN)NC(=O)[C@H](NC(=O)[C@H](NC(=O)[C@H](CC1CCCCC1)NC(=O)[C@@H](Cc1ccccc1)NC(=O)[C@H](N)Cc1c[nH]c2ccccc12)C(C)C)C(C)C)C(=O)O. The summed E-state index contributed by atoms with van der Waals surface area (Å²) in [6.07, 6.45) is 8.67. The molecule has 4 rings (SSSR count). The molecule has 0 unspecified atom stereocenters. The van der Waals surface area contributed by atoms with E-state index in [0.29, 0.717) is 25.8 Å². The van der Waals surface area contributed by atoms with Gasteiger partial charge in [-0.3, -0.25) is 28.8 Å². The van der Waals surface area contributed by atoms with Crippen molar-refractivity contribution >= 4 is 52.3 Å². The van der Waals surface area contributed by atoms with Gasteiger partial charge in [0.05, 0.1) is 6.04 Å². The molecule has 17 heteroatoms. The molecule has 0 aliphatic heterocycles. The summed E-state index contributed by atoms with van der Waals surface area (Å²) in [6, 6.07) is 9.23. The largest absolute Gasteiger partial charge is 0.480 e. The molecule has 1 fully saturated rings. The molecule has 1 aromatic heterocycles. The molecule has 1 aliphatic carbocycles. The van der Waals surface area contributed by atoms with E-state index in [-0.39, 0.29) is 37.5 Å². The van der Waals surface area contributed by atoms with Gasteiger partial charge in [0.2, 0.25) is 35.4 Å². The number of para-hydroxylation sites is 1. The zero-order valence-corrected chi connectivity index (χ0v) is 40.8. The fourth-order valence-electron chi connectivity index (χ4n) is 8.78. The Morgan fingerprint density at radius 2 is 1.18 bits per heavy atom. The fraction of sp³-hybridized carbons (Fsp3) is 0.588. The molecular weight excluding hydrogens is 867 g/mol. The molecule has 374 valence electrons. The standard InChI is InChI=1S/C51H77N9O8/c1-30(2)25-42(51(67)68)58-46(62)39(23-15-16-24-52)55-49(65)43(31(3)4)60-50(66)44(32(5)6)59-48(64)41(27-34-19-11-8-12-20-34)57-47(63)40(26-33-17-9-7-10-18-33)56-45(61)37(53)28-35-29-54-38-22-14-13-21-36(35)38/h7,9-10,13-14,17-18,21-22,29-32,34,37,39-44,54H,8,11-12,15-16,19-20,23-28,52-53H2,1-6H3,(H,55,65)(H,56,61)(H,57,63)(H,58,62)(H,59,64)(H,60,66)(H,67,68)/t37-,39-,40-,41+,42-,43-,44-/m1/s1. The van der Waals surface area contributed by atoms with Gasteiger partial charge in [-0.2, -0.15) is 0 Å². The lowest BCUT2D eigenvalue weighted by atomic mass is 9.84. The zero-order chi connectivity index (χ0) is 49.9. The number of hydrogen-bond donors (Lipinski definition) is 10. The number of amides is 6. The Morgan fingerprint density at radius 3 is 1.79 bits per heavy atom. The summed E-state index contributed by atoms with van der Waals surface area (Å²) < 4.78 is 0. The van der Waals surface area contributed by atoms with E-state index in [1.165, 1.54) is 0 Å². The Bertz CT molecular complexity index is 2120. The van der Waals surface area contributed by atoms with Gasteiger partial charge < -0.3 is 53.5 Å². The maximum atomic E-state index is 14.5. The molecule has 1 aliphatic rings. The van der Waals surface area contributed by atoms with Gasteiger partial charge >= 0.3 is 5.97 Å². The number of aliphatic carboxylic acids is 1. The molecule has 0 radical (unpaired) electrons. The van der Waals surface area contributed by atoms with E-state index < -0.39 is 95.5 Å². The number of carboxylic acid groups (broad SMARTS) is 1. The summed E-state index contributed by atoms with van der Waals surface area (Å²) in [5.74, 6) is -5.67. The molecule has 0 bridgehead atoms. The Hall–Kier alpha value is -5.81. The topological polar surface area (TPSA) is 280 Å². The summed E-state index contributed by atoms with van der Waals surface area (Å²) in [5.41, 5.74) is 14.7. The van der Waals surface area contributed by atoms with Crippen LogP contribution in [-0.4, -0.2) is 100 Å². The van der Waals surface area contributed by atoms with Crippen LogP contribution in [0.1, 0.15) is 117 Å². The van der Waals surface area contributed by atoms with Crippen LogP contribution in [0.4, 0.5) is 0 Å². The molecule has 17 nitrogen and oxygen atoms in total. The summed E-state index contributed by atoms with van der Waals surface area (Å²) in [5, 5.41) is 27.5. The minimum absolute atomic E-state index is 0.0217. The Kier molecular flexibility index (Phi) is 22.0. The molecule has 6 amide bonds. The first-order valence-corrected chi connectivity index (χ1v) is 24.5. The van der Waals surface area contributed by atoms with Crippen molar-refractivity contribution in [1.29, 1.82) is 0 Å². The summed E-state index contributed by atoms with van der Waals surface area (Å²) in [6.45, 7) is 11.0. The van der Waals surface area contributed by atoms with E-state index in [1.807, 2.05) is 74.6 Å². The van der Waals surface area contributed by atoms with Crippen molar-refractivity contribution in [3.8, 4) is 0 Å². The Balaban J connectivity index is 1.53. The number of carboxylic acids is 1. The summed E-state index contributed by atoms with van der Waals surface area (Å²) in [7, 11) is 0. The lowest BCUT2D eigenvalue weighted by Crippen LogP contribution is -2.61. The first-order chi connectivity index (χ1) is 32.4. The van der Waals surface area contributed by atoms with Gasteiger partial charge in [-0.1, -0.05) is 122 Å². The minimum atomic E-state index is -1.19. The number of aromatic amines is 1. The second kappa shape index (κ2) is 27.3. The predicted molar refractivity (Wildman–Crippen MR) is 263 cm³/mol. The van der Waals surface area contributed by atoms with Crippen molar-refractivity contribution in [2.45, 2.75) is 161 Å². The highest BCUT2D eigenvalue weighted by atomic mass is 16.4. The normalized spacial score (nSPS) is 16.2. The molecule has 68 heavy (non-hydrogen) atoms. The van der Waals surface area contributed by atoms with E-state index in [2.05, 4.69) is 36.9 Å². The maximum Gasteiger partial charge on any atom is 0.326 e. The molecule has 0 spiro atoms. The smallest absolute Gasteiger partial charge is 0.326 e. The number of rotatable bonds is 27. The summed E-state index contributed by atoms with van der Waals surface area (Å²) in [4.78, 5) is 99.5. The van der Waals surface area contributed by atoms with Gasteiger partial charge in [-0.15, -0.1) is 0 Å². The van der Waals surface area contributed by atoms with Crippen LogP contribution in [0.25, 0.3) is 10.9 Å². The van der Waals surface area contributed by atoms with Crippen molar-refractivity contribution in [3.05, 3.63) is 71.9 Å². The highest BCUT2D eigenvalue weighted by Gasteiger charge is 2.36. The molecule has 12 N–H and O–H groups in total. The van der Waals surface area contributed by atoms with Crippen LogP contribution in [0.2, 0.25) is 0 Å². The molecule has 3 aromatic rings. The first-order valence-electron chi connectivity index (χ1n) is 24.5. The first kappa shape index (κ1) is 54.8. The number of aromatic nitrogens is 1. The van der Waals surface area contributed by atoms with E-state index >= 15 is 0 Å². The van der Waals surface area contributed by atoms with Gasteiger partial charge in [0, 0.05) is 23.5 Å². The van der Waals surface area contributed by atoms with Crippen molar-refractivity contribution in [2.75, 3.05) is 6.54 Å². The van der Waals surface area contributed by atoms with Gasteiger partial charge in [-0.25, -0.2) is 4.79 Å². The van der Waals surface area contributed by atoms with Crippen molar-refractivity contribution in [1.82, 2.24) is 36.9 Å². The lowest BCUT2D eigenvalue weighted by Gasteiger charge is -2.31. The van der Waals surface area contributed by atoms with Gasteiger partial charge in [0.15, 0.2) is 0 Å². The fourth-order valence-corrected chi connectivity index (χ4v) is 8.78. The number of H-pyrrole nitrogens is 1. The quantitative estimate of drug-likeness (QED) is 0.0495. The summed E-state index contributed by atoms with van der Waals surface area (Å²) >= 11 is 0. The van der Waals surface area contributed by atoms with E-state index in [4.69, 9.17) is 11.5 Å². The van der Waals surface area contributed by atoms with Crippen LogP contribution >= 0.6 is 0 Å². The number of carbonyl (C=O) groups is 7. The van der Waals surface area contributed by atoms with E-state index in [0.717, 1.165) is 54.1 Å². The van der Waals surface area contributed by atoms with Gasteiger partial charge in [0.25, 0.3) is 0 Å². The van der Waals surface area contributed by atoms with Crippen molar-refractivity contribution in [3.63, 3.8) is 0 Å². The average molecular weight is 944 g/mol. The highest BCUT2D eigenvalue weighted by molar-refractivity contribution is 5.97. The van der Waals surface area contributed by atoms with Crippen molar-refractivity contribution in [2.24, 2.45) is 35.1 Å². The third kappa shape index (κ3) is 17.1. The second-order valence-electron chi connectivity index (χ2n) is 19.6. The molecular formula is C51H77N9O8. The number of fused-ring (bicyclic) bond motifs is 1. The number of unbranched alkanes of at least 4 members (excludes halogenated alkanes) is 1. The second-order valence-corrected chi connectivity index (χ2v) is 19.6. The molecule has 0 saturated heterocycles. The minimum Gasteiger partial charge on any atom is -0.480 e. The maximum absolute atomic E-state index is 14.5. The van der Waals surface area contributed by atoms with Crippen LogP contribution < -0.4 is 43.4 Å². The molecule has 1 saturated carbocycles. The van der Waals surface area contributed by atoms with E-state index in [1.54, 1.807) is 27.7 Å². The number of hydrogen-bond acceptors (Lipinski definition) is 9. The Labute approximate surface area is 401 Å². The predicted octanol–water partition coefficient (Wildman–Crippen LogP) is 3.73. The van der Waals surface area contributed by atoms with Gasteiger partial charge in [0.1, 0.15) is 36.3 Å². The lowest BCUT2D eigenvalue weighted by molar-refractivity contribution is -0.143. The number of benzene rings is 2. The van der Waals surface area contributed by atoms with Crippen molar-refractivity contribution < 1.29 is 38.7 Å².